The van der Waals surface area contributed by atoms with E-state index in [1.54, 1.807) is 24.9 Å². The summed E-state index contributed by atoms with van der Waals surface area (Å²) in [5.41, 5.74) is -0.493. The topological polar surface area (TPSA) is 84.9 Å². The van der Waals surface area contributed by atoms with E-state index in [9.17, 15) is 14.4 Å². The van der Waals surface area contributed by atoms with E-state index in [2.05, 4.69) is 5.32 Å². The maximum absolute atomic E-state index is 12.9. The van der Waals surface area contributed by atoms with Crippen molar-refractivity contribution >= 4 is 29.5 Å². The number of carbonyl (C=O) groups is 3. The van der Waals surface area contributed by atoms with Crippen LogP contribution in [0.5, 0.6) is 5.75 Å². The van der Waals surface area contributed by atoms with Crippen molar-refractivity contribution < 1.29 is 23.9 Å². The van der Waals surface area contributed by atoms with Crippen LogP contribution in [0.1, 0.15) is 18.0 Å². The first kappa shape index (κ1) is 19.7. The standard InChI is InChI=1S/C19H24N2O5S/c1-21-16(22)13-14(17(21)23)19(9-10-27-4,18(24)26-3)20-15(13)11-7-5-6-8-12(11)25-2/h5-8,13-15,20H,9-10H2,1-4H3/t13-,14+,15+,19+/m0/s1. The summed E-state index contributed by atoms with van der Waals surface area (Å²) in [6.45, 7) is 0. The highest BCUT2D eigenvalue weighted by atomic mass is 32.2. The maximum Gasteiger partial charge on any atom is 0.326 e. The van der Waals surface area contributed by atoms with E-state index in [-0.39, 0.29) is 11.8 Å². The molecular formula is C19H24N2O5S. The molecule has 0 bridgehead atoms. The third-order valence-electron chi connectivity index (χ3n) is 5.60. The number of rotatable bonds is 6. The van der Waals surface area contributed by atoms with E-state index in [1.807, 2.05) is 24.5 Å². The highest BCUT2D eigenvalue weighted by molar-refractivity contribution is 7.98. The van der Waals surface area contributed by atoms with Gasteiger partial charge in [-0.3, -0.25) is 24.6 Å². The van der Waals surface area contributed by atoms with Crippen LogP contribution in [0.2, 0.25) is 0 Å². The van der Waals surface area contributed by atoms with Gasteiger partial charge in [-0.2, -0.15) is 11.8 Å². The largest absolute Gasteiger partial charge is 0.496 e. The minimum Gasteiger partial charge on any atom is -0.496 e. The van der Waals surface area contributed by atoms with Gasteiger partial charge in [-0.1, -0.05) is 18.2 Å². The molecule has 1 N–H and O–H groups in total. The van der Waals surface area contributed by atoms with Crippen molar-refractivity contribution in [2.75, 3.05) is 33.3 Å². The van der Waals surface area contributed by atoms with Gasteiger partial charge in [-0.15, -0.1) is 0 Å². The van der Waals surface area contributed by atoms with Crippen LogP contribution in [0.15, 0.2) is 24.3 Å². The van der Waals surface area contributed by atoms with E-state index >= 15 is 0 Å². The Balaban J connectivity index is 2.16. The number of likely N-dealkylation sites (tertiary alicyclic amines) is 1. The molecule has 146 valence electrons. The molecule has 7 nitrogen and oxygen atoms in total. The molecule has 2 aliphatic heterocycles. The fourth-order valence-electron chi connectivity index (χ4n) is 4.30. The number of fused-ring (bicyclic) bond motifs is 1. The summed E-state index contributed by atoms with van der Waals surface area (Å²) in [5.74, 6) is -1.38. The molecule has 1 aromatic rings. The molecule has 2 fully saturated rings. The van der Waals surface area contributed by atoms with E-state index in [4.69, 9.17) is 9.47 Å². The molecular weight excluding hydrogens is 368 g/mol. The predicted molar refractivity (Wildman–Crippen MR) is 101 cm³/mol. The highest BCUT2D eigenvalue weighted by Crippen LogP contribution is 2.51. The van der Waals surface area contributed by atoms with Crippen molar-refractivity contribution in [3.63, 3.8) is 0 Å². The Labute approximate surface area is 162 Å². The number of hydrogen-bond acceptors (Lipinski definition) is 7. The summed E-state index contributed by atoms with van der Waals surface area (Å²) in [5, 5.41) is 3.33. The second-order valence-electron chi connectivity index (χ2n) is 6.81. The number of methoxy groups -OCH3 is 2. The number of esters is 1. The normalized spacial score (nSPS) is 29.8. The smallest absolute Gasteiger partial charge is 0.326 e. The molecule has 0 radical (unpaired) electrons. The zero-order valence-electron chi connectivity index (χ0n) is 15.9. The fraction of sp³-hybridized carbons (Fsp3) is 0.526. The van der Waals surface area contributed by atoms with Crippen molar-refractivity contribution in [1.82, 2.24) is 10.2 Å². The van der Waals surface area contributed by atoms with Gasteiger partial charge < -0.3 is 9.47 Å². The Morgan fingerprint density at radius 3 is 2.59 bits per heavy atom. The summed E-state index contributed by atoms with van der Waals surface area (Å²) >= 11 is 1.57. The average molecular weight is 392 g/mol. The molecule has 0 unspecified atom stereocenters. The molecule has 2 amide bonds. The van der Waals surface area contributed by atoms with Crippen LogP contribution in [0.3, 0.4) is 0 Å². The molecule has 4 atom stereocenters. The first-order chi connectivity index (χ1) is 12.9. The molecule has 2 saturated heterocycles. The summed E-state index contributed by atoms with van der Waals surface area (Å²) in [7, 11) is 4.33. The van der Waals surface area contributed by atoms with Gasteiger partial charge in [0.15, 0.2) is 0 Å². The number of hydrogen-bond donors (Lipinski definition) is 1. The molecule has 0 spiro atoms. The number of para-hydroxylation sites is 1. The average Bonchev–Trinajstić information content (AvgIpc) is 3.15. The summed E-state index contributed by atoms with van der Waals surface area (Å²) in [6, 6.07) is 6.82. The van der Waals surface area contributed by atoms with Gasteiger partial charge in [0.2, 0.25) is 11.8 Å². The number of amides is 2. The monoisotopic (exact) mass is 392 g/mol. The van der Waals surface area contributed by atoms with Crippen molar-refractivity contribution in [1.29, 1.82) is 0 Å². The number of ether oxygens (including phenoxy) is 2. The first-order valence-corrected chi connectivity index (χ1v) is 10.1. The van der Waals surface area contributed by atoms with Crippen molar-refractivity contribution in [2.24, 2.45) is 11.8 Å². The predicted octanol–water partition coefficient (Wildman–Crippen LogP) is 1.24. The third kappa shape index (κ3) is 2.91. The molecule has 2 heterocycles. The van der Waals surface area contributed by atoms with Crippen molar-refractivity contribution in [3.05, 3.63) is 29.8 Å². The number of benzene rings is 1. The van der Waals surface area contributed by atoms with Crippen molar-refractivity contribution in [3.8, 4) is 5.75 Å². The summed E-state index contributed by atoms with van der Waals surface area (Å²) in [4.78, 5) is 39.9. The van der Waals surface area contributed by atoms with Crippen LogP contribution < -0.4 is 10.1 Å². The minimum atomic E-state index is -1.24. The molecule has 27 heavy (non-hydrogen) atoms. The second kappa shape index (κ2) is 7.52. The van der Waals surface area contributed by atoms with Crippen LogP contribution in [-0.4, -0.2) is 61.5 Å². The first-order valence-electron chi connectivity index (χ1n) is 8.72. The van der Waals surface area contributed by atoms with Gasteiger partial charge in [0.05, 0.1) is 26.1 Å². The molecule has 0 aliphatic carbocycles. The Morgan fingerprint density at radius 1 is 1.26 bits per heavy atom. The second-order valence-corrected chi connectivity index (χ2v) is 7.79. The van der Waals surface area contributed by atoms with Gasteiger partial charge in [0.25, 0.3) is 0 Å². The SMILES string of the molecule is COC(=O)[C@]1(CCSC)N[C@H](c2ccccc2OC)[C@H]2C(=O)N(C)C(=O)[C@@H]21. The lowest BCUT2D eigenvalue weighted by Gasteiger charge is -2.32. The zero-order valence-corrected chi connectivity index (χ0v) is 16.7. The molecule has 1 aromatic carbocycles. The Bertz CT molecular complexity index is 770. The molecule has 2 aliphatic rings. The fourth-order valence-corrected chi connectivity index (χ4v) is 4.83. The van der Waals surface area contributed by atoms with Gasteiger partial charge in [-0.25, -0.2) is 0 Å². The summed E-state index contributed by atoms with van der Waals surface area (Å²) in [6.07, 6.45) is 2.32. The lowest BCUT2D eigenvalue weighted by molar-refractivity contribution is -0.154. The molecule has 0 aromatic heterocycles. The molecule has 3 rings (SSSR count). The van der Waals surface area contributed by atoms with Crippen LogP contribution in [0.4, 0.5) is 0 Å². The Kier molecular flexibility index (Phi) is 5.48. The Hall–Kier alpha value is -2.06. The summed E-state index contributed by atoms with van der Waals surface area (Å²) < 4.78 is 10.5. The third-order valence-corrected chi connectivity index (χ3v) is 6.21. The van der Waals surface area contributed by atoms with Crippen LogP contribution >= 0.6 is 11.8 Å². The lowest BCUT2D eigenvalue weighted by Crippen LogP contribution is -2.56. The lowest BCUT2D eigenvalue weighted by atomic mass is 9.77. The van der Waals surface area contributed by atoms with E-state index in [0.29, 0.717) is 17.9 Å². The van der Waals surface area contributed by atoms with Crippen molar-refractivity contribution in [2.45, 2.75) is 18.0 Å². The quantitative estimate of drug-likeness (QED) is 0.576. The number of nitrogens with zero attached hydrogens (tertiary/aromatic N) is 1. The van der Waals surface area contributed by atoms with Gasteiger partial charge >= 0.3 is 5.97 Å². The Morgan fingerprint density at radius 2 is 1.96 bits per heavy atom. The van der Waals surface area contributed by atoms with Gasteiger partial charge in [-0.05, 0) is 24.5 Å². The van der Waals surface area contributed by atoms with Crippen LogP contribution in [-0.2, 0) is 19.1 Å². The van der Waals surface area contributed by atoms with E-state index in [0.717, 1.165) is 10.5 Å². The highest BCUT2D eigenvalue weighted by Gasteiger charge is 2.68. The number of imide groups is 1. The number of carbonyl (C=O) groups excluding carboxylic acids is 3. The van der Waals surface area contributed by atoms with Gasteiger partial charge in [0, 0.05) is 18.7 Å². The number of thioether (sulfide) groups is 1. The number of nitrogens with one attached hydrogen (secondary N) is 1. The molecule has 8 heteroatoms. The zero-order chi connectivity index (χ0) is 19.8. The van der Waals surface area contributed by atoms with E-state index < -0.39 is 29.4 Å². The van der Waals surface area contributed by atoms with Gasteiger partial charge in [0.1, 0.15) is 11.3 Å². The molecule has 0 saturated carbocycles. The van der Waals surface area contributed by atoms with Crippen LogP contribution in [0.25, 0.3) is 0 Å². The maximum atomic E-state index is 12.9. The van der Waals surface area contributed by atoms with Crippen LogP contribution in [0, 0.1) is 11.8 Å². The minimum absolute atomic E-state index is 0.289. The van der Waals surface area contributed by atoms with E-state index in [1.165, 1.54) is 14.2 Å².